The summed E-state index contributed by atoms with van der Waals surface area (Å²) < 4.78 is 0. The second-order valence-corrected chi connectivity index (χ2v) is 17.1. The van der Waals surface area contributed by atoms with Crippen molar-refractivity contribution in [2.75, 3.05) is 0 Å². The SMILES string of the molecule is CC12CCCC1C2.CC1C2CCCC12.CC1C2CCCC12.CC1CC2CC2C1.CC1CC2CCC(C1)C2. The number of hydrogen-bond donors (Lipinski definition) is 0. The summed E-state index contributed by atoms with van der Waals surface area (Å²) in [5.41, 5.74) is 0.861. The van der Waals surface area contributed by atoms with Crippen LogP contribution in [0.15, 0.2) is 0 Å². The van der Waals surface area contributed by atoms with E-state index in [4.69, 9.17) is 0 Å². The van der Waals surface area contributed by atoms with E-state index in [-0.39, 0.29) is 0 Å². The van der Waals surface area contributed by atoms with Crippen LogP contribution in [0.4, 0.5) is 0 Å². The summed E-state index contributed by atoms with van der Waals surface area (Å²) >= 11 is 0. The third-order valence-corrected chi connectivity index (χ3v) is 14.1. The third-order valence-electron chi connectivity index (χ3n) is 14.1. The lowest BCUT2D eigenvalue weighted by Crippen LogP contribution is -2.12. The quantitative estimate of drug-likeness (QED) is 0.305. The predicted molar refractivity (Wildman–Crippen MR) is 159 cm³/mol. The summed E-state index contributed by atoms with van der Waals surface area (Å²) in [7, 11) is 0. The van der Waals surface area contributed by atoms with E-state index >= 15 is 0 Å². The van der Waals surface area contributed by atoms with Crippen LogP contribution in [0.2, 0.25) is 0 Å². The van der Waals surface area contributed by atoms with Gasteiger partial charge in [0, 0.05) is 0 Å². The maximum Gasteiger partial charge on any atom is -0.0294 e. The van der Waals surface area contributed by atoms with Crippen molar-refractivity contribution in [1.82, 2.24) is 0 Å². The normalized spacial score (nSPS) is 55.2. The number of fused-ring (bicyclic) bond motifs is 6. The van der Waals surface area contributed by atoms with Crippen LogP contribution < -0.4 is 0 Å². The van der Waals surface area contributed by atoms with Crippen LogP contribution >= 0.6 is 0 Å². The predicted octanol–water partition coefficient (Wildman–Crippen LogP) is 11.2. The van der Waals surface area contributed by atoms with Gasteiger partial charge in [0.15, 0.2) is 0 Å². The van der Waals surface area contributed by atoms with Gasteiger partial charge in [0.2, 0.25) is 0 Å². The molecule has 0 aliphatic heterocycles. The average Bonchev–Trinajstić information content (AvgIpc) is 3.69. The molecule has 10 atom stereocenters. The van der Waals surface area contributed by atoms with Gasteiger partial charge < -0.3 is 0 Å². The molecule has 0 saturated heterocycles. The van der Waals surface area contributed by atoms with Gasteiger partial charge in [-0.1, -0.05) is 66.7 Å². The fourth-order valence-electron chi connectivity index (χ4n) is 11.2. The van der Waals surface area contributed by atoms with Gasteiger partial charge in [-0.15, -0.1) is 0 Å². The molecule has 0 heterocycles. The van der Waals surface area contributed by atoms with Gasteiger partial charge in [-0.25, -0.2) is 0 Å². The molecule has 0 radical (unpaired) electrons. The summed E-state index contributed by atoms with van der Waals surface area (Å²) in [6, 6.07) is 0. The van der Waals surface area contributed by atoms with Gasteiger partial charge in [-0.05, 0) is 166 Å². The summed E-state index contributed by atoms with van der Waals surface area (Å²) in [6.07, 6.45) is 27.8. The molecule has 0 aromatic rings. The van der Waals surface area contributed by atoms with E-state index in [0.717, 1.165) is 46.8 Å². The zero-order valence-electron chi connectivity index (χ0n) is 25.7. The molecule has 0 aromatic carbocycles. The number of rotatable bonds is 0. The van der Waals surface area contributed by atoms with E-state index < -0.39 is 0 Å². The van der Waals surface area contributed by atoms with Crippen molar-refractivity contribution in [3.63, 3.8) is 0 Å². The molecule has 0 amide bonds. The lowest BCUT2D eigenvalue weighted by molar-refractivity contribution is 0.278. The van der Waals surface area contributed by atoms with Gasteiger partial charge in [-0.3, -0.25) is 0 Å². The fourth-order valence-corrected chi connectivity index (χ4v) is 11.2. The molecule has 10 unspecified atom stereocenters. The van der Waals surface area contributed by atoms with Crippen molar-refractivity contribution < 1.29 is 0 Å². The van der Waals surface area contributed by atoms with Crippen molar-refractivity contribution in [3.05, 3.63) is 0 Å². The highest BCUT2D eigenvalue weighted by molar-refractivity contribution is 5.03. The van der Waals surface area contributed by atoms with Crippen molar-refractivity contribution >= 4 is 0 Å². The molecule has 10 aliphatic carbocycles. The molecule has 10 aliphatic rings. The van der Waals surface area contributed by atoms with E-state index in [9.17, 15) is 0 Å². The Morgan fingerprint density at radius 3 is 1.24 bits per heavy atom. The first-order chi connectivity index (χ1) is 17.8. The molecular weight excluding hydrogens is 444 g/mol. The Morgan fingerprint density at radius 1 is 0.486 bits per heavy atom. The van der Waals surface area contributed by atoms with Gasteiger partial charge in [0.25, 0.3) is 0 Å². The molecule has 212 valence electrons. The molecular formula is C37H64. The summed E-state index contributed by atoms with van der Waals surface area (Å²) in [5, 5.41) is 0. The molecule has 0 aromatic heterocycles. The van der Waals surface area contributed by atoms with Gasteiger partial charge in [-0.2, -0.15) is 0 Å². The highest BCUT2D eigenvalue weighted by Crippen LogP contribution is 2.63. The van der Waals surface area contributed by atoms with Crippen LogP contribution in [0.5, 0.6) is 0 Å². The van der Waals surface area contributed by atoms with E-state index in [1.165, 1.54) is 80.5 Å². The van der Waals surface area contributed by atoms with Crippen LogP contribution in [0, 0.1) is 82.3 Å². The first-order valence-electron chi connectivity index (χ1n) is 17.8. The molecule has 10 saturated carbocycles. The van der Waals surface area contributed by atoms with Crippen LogP contribution in [0.25, 0.3) is 0 Å². The second-order valence-electron chi connectivity index (χ2n) is 17.1. The maximum atomic E-state index is 2.44. The molecule has 0 heteroatoms. The van der Waals surface area contributed by atoms with Crippen LogP contribution in [-0.2, 0) is 0 Å². The zero-order valence-corrected chi connectivity index (χ0v) is 25.7. The van der Waals surface area contributed by atoms with E-state index in [2.05, 4.69) is 34.6 Å². The fraction of sp³-hybridized carbons (Fsp3) is 1.00. The molecule has 10 fully saturated rings. The van der Waals surface area contributed by atoms with Crippen molar-refractivity contribution in [3.8, 4) is 0 Å². The van der Waals surface area contributed by atoms with Gasteiger partial charge in [0.05, 0.1) is 0 Å². The Bertz CT molecular complexity index is 685. The summed E-state index contributed by atoms with van der Waals surface area (Å²) in [4.78, 5) is 0. The highest BCUT2D eigenvalue weighted by Gasteiger charge is 2.52. The summed E-state index contributed by atoms with van der Waals surface area (Å²) in [5.74, 6) is 14.9. The molecule has 10 rings (SSSR count). The Labute approximate surface area is 232 Å². The minimum atomic E-state index is 0.861. The zero-order chi connectivity index (χ0) is 25.7. The molecule has 0 spiro atoms. The Kier molecular flexibility index (Phi) is 8.16. The molecule has 2 bridgehead atoms. The van der Waals surface area contributed by atoms with E-state index in [0.29, 0.717) is 0 Å². The Hall–Kier alpha value is 0. The van der Waals surface area contributed by atoms with Gasteiger partial charge in [0.1, 0.15) is 0 Å². The third kappa shape index (κ3) is 6.67. The second kappa shape index (κ2) is 11.1. The van der Waals surface area contributed by atoms with E-state index in [1.807, 2.05) is 0 Å². The molecule has 0 N–H and O–H groups in total. The molecule has 37 heavy (non-hydrogen) atoms. The Morgan fingerprint density at radius 2 is 0.973 bits per heavy atom. The van der Waals surface area contributed by atoms with Crippen molar-refractivity contribution in [2.45, 2.75) is 150 Å². The van der Waals surface area contributed by atoms with Crippen LogP contribution in [0.1, 0.15) is 150 Å². The standard InChI is InChI=1S/C9H16.4C7H12/c1-7-4-8-2-3-9(5-7)6-8;1-5-2-6-4-7(6)3-5;1-7-4-2-3-6(7)5-7;2*1-5-6-3-2-4-7(5)6/h7-9H,2-6H2,1H3;5-7H,2-4H2,1H3;6H,2-5H2,1H3;2*5-7H,2-4H2,1H3. The van der Waals surface area contributed by atoms with E-state index in [1.54, 1.807) is 70.6 Å². The monoisotopic (exact) mass is 509 g/mol. The smallest absolute Gasteiger partial charge is 0.0294 e. The van der Waals surface area contributed by atoms with Crippen molar-refractivity contribution in [2.24, 2.45) is 82.3 Å². The highest BCUT2D eigenvalue weighted by atomic mass is 14.6. The summed E-state index contributed by atoms with van der Waals surface area (Å²) in [6.45, 7) is 12.0. The number of hydrogen-bond acceptors (Lipinski definition) is 0. The largest absolute Gasteiger partial charge is 0.0625 e. The maximum absolute atomic E-state index is 2.44. The van der Waals surface area contributed by atoms with Gasteiger partial charge >= 0.3 is 0 Å². The average molecular weight is 509 g/mol. The molecule has 0 nitrogen and oxygen atoms in total. The minimum Gasteiger partial charge on any atom is -0.0625 e. The topological polar surface area (TPSA) is 0 Å². The first-order valence-corrected chi connectivity index (χ1v) is 17.8. The van der Waals surface area contributed by atoms with Crippen LogP contribution in [0.3, 0.4) is 0 Å². The lowest BCUT2D eigenvalue weighted by Gasteiger charge is -2.23. The lowest BCUT2D eigenvalue weighted by atomic mass is 9.82. The Balaban J connectivity index is 0.0000000854. The van der Waals surface area contributed by atoms with Crippen molar-refractivity contribution in [1.29, 1.82) is 0 Å². The minimum absolute atomic E-state index is 0.861. The van der Waals surface area contributed by atoms with Crippen LogP contribution in [-0.4, -0.2) is 0 Å². The first kappa shape index (κ1) is 27.2.